The molecular formula is C32H29IN2O7S2. The minimum absolute atomic E-state index is 0.221. The Bertz CT molecular complexity index is 1910. The van der Waals surface area contributed by atoms with Crippen molar-refractivity contribution in [2.24, 2.45) is 4.99 Å². The lowest BCUT2D eigenvalue weighted by Crippen LogP contribution is -2.39. The molecule has 0 radical (unpaired) electrons. The lowest BCUT2D eigenvalue weighted by molar-refractivity contribution is -0.139. The number of ether oxygens (including phenoxy) is 4. The number of carbonyl (C=O) groups is 2. The van der Waals surface area contributed by atoms with Crippen molar-refractivity contribution in [3.05, 3.63) is 110 Å². The number of methoxy groups -OCH3 is 1. The SMILES string of the molecule is CCOC(=O)C1=C(C)N=c2s/c(=C\c3cc(I)c(OCc4ccc(C(=O)OCC)cc4)c(OC)c3)c(=O)n2[C@H]1c1cccs1. The van der Waals surface area contributed by atoms with Crippen molar-refractivity contribution in [1.82, 2.24) is 4.57 Å². The Morgan fingerprint density at radius 1 is 1.07 bits per heavy atom. The van der Waals surface area contributed by atoms with Crippen LogP contribution in [0.4, 0.5) is 0 Å². The number of aromatic nitrogens is 1. The Labute approximate surface area is 275 Å². The smallest absolute Gasteiger partial charge is 0.338 e. The Morgan fingerprint density at radius 2 is 1.80 bits per heavy atom. The van der Waals surface area contributed by atoms with Crippen LogP contribution in [0.2, 0.25) is 0 Å². The monoisotopic (exact) mass is 744 g/mol. The molecule has 2 aromatic carbocycles. The van der Waals surface area contributed by atoms with Crippen LogP contribution >= 0.6 is 45.3 Å². The number of rotatable bonds is 10. The molecule has 1 atom stereocenters. The first kappa shape index (κ1) is 31.7. The van der Waals surface area contributed by atoms with E-state index in [2.05, 4.69) is 27.6 Å². The van der Waals surface area contributed by atoms with Gasteiger partial charge in [-0.3, -0.25) is 9.36 Å². The minimum Gasteiger partial charge on any atom is -0.493 e. The van der Waals surface area contributed by atoms with Gasteiger partial charge in [-0.05, 0) is 96.3 Å². The van der Waals surface area contributed by atoms with Gasteiger partial charge in [-0.2, -0.15) is 0 Å². The number of fused-ring (bicyclic) bond motifs is 1. The molecule has 0 saturated carbocycles. The minimum atomic E-state index is -0.621. The molecule has 0 spiro atoms. The zero-order valence-electron chi connectivity index (χ0n) is 24.4. The van der Waals surface area contributed by atoms with E-state index in [0.29, 0.717) is 44.3 Å². The molecule has 0 saturated heterocycles. The van der Waals surface area contributed by atoms with E-state index in [1.54, 1.807) is 50.7 Å². The van der Waals surface area contributed by atoms with E-state index >= 15 is 0 Å². The highest BCUT2D eigenvalue weighted by Crippen LogP contribution is 2.35. The van der Waals surface area contributed by atoms with Crippen molar-refractivity contribution in [3.63, 3.8) is 0 Å². The van der Waals surface area contributed by atoms with Crippen LogP contribution in [0.5, 0.6) is 11.5 Å². The summed E-state index contributed by atoms with van der Waals surface area (Å²) in [4.78, 5) is 44.8. The molecule has 0 amide bonds. The van der Waals surface area contributed by atoms with Crippen LogP contribution in [0.25, 0.3) is 6.08 Å². The third-order valence-corrected chi connectivity index (χ3v) is 9.44. The summed E-state index contributed by atoms with van der Waals surface area (Å²) >= 11 is 4.91. The molecule has 1 aliphatic rings. The second-order valence-electron chi connectivity index (χ2n) is 9.56. The molecule has 4 aromatic rings. The van der Waals surface area contributed by atoms with Gasteiger partial charge in [-0.25, -0.2) is 14.6 Å². The normalized spacial score (nSPS) is 14.6. The Morgan fingerprint density at radius 3 is 2.45 bits per heavy atom. The molecule has 5 rings (SSSR count). The topological polar surface area (TPSA) is 105 Å². The van der Waals surface area contributed by atoms with Crippen molar-refractivity contribution >= 4 is 63.3 Å². The number of hydrogen-bond donors (Lipinski definition) is 0. The average Bonchev–Trinajstić information content (AvgIpc) is 3.64. The van der Waals surface area contributed by atoms with Gasteiger partial charge in [0.15, 0.2) is 16.3 Å². The molecule has 2 aromatic heterocycles. The standard InChI is InChI=1S/C32H29IN2O7S2/c1-5-40-30(37)21-11-9-19(10-12-21)17-42-28-22(33)14-20(15-23(28)39-4)16-25-29(36)35-27(24-8-7-13-43-24)26(31(38)41-6-2)18(3)34-32(35)44-25/h7-16,27H,5-6,17H2,1-4H3/b25-16-/t27-/m0/s1. The quantitative estimate of drug-likeness (QED) is 0.162. The second kappa shape index (κ2) is 13.9. The summed E-state index contributed by atoms with van der Waals surface area (Å²) in [6.07, 6.45) is 1.79. The van der Waals surface area contributed by atoms with Gasteiger partial charge >= 0.3 is 11.9 Å². The van der Waals surface area contributed by atoms with E-state index in [1.807, 2.05) is 41.8 Å². The number of nitrogens with zero attached hydrogens (tertiary/aromatic N) is 2. The van der Waals surface area contributed by atoms with Gasteiger partial charge in [-0.1, -0.05) is 29.5 Å². The molecule has 1 aliphatic heterocycles. The van der Waals surface area contributed by atoms with E-state index in [9.17, 15) is 14.4 Å². The maximum absolute atomic E-state index is 13.8. The molecule has 0 fully saturated rings. The zero-order valence-corrected chi connectivity index (χ0v) is 28.2. The highest BCUT2D eigenvalue weighted by atomic mass is 127. The molecule has 0 N–H and O–H groups in total. The van der Waals surface area contributed by atoms with Gasteiger partial charge in [0.2, 0.25) is 0 Å². The second-order valence-corrected chi connectivity index (χ2v) is 12.7. The number of thiophene rings is 1. The molecule has 0 bridgehead atoms. The number of benzene rings is 2. The van der Waals surface area contributed by atoms with E-state index in [-0.39, 0.29) is 24.7 Å². The zero-order chi connectivity index (χ0) is 31.4. The highest BCUT2D eigenvalue weighted by Gasteiger charge is 2.33. The summed E-state index contributed by atoms with van der Waals surface area (Å²) in [5.74, 6) is 0.228. The predicted molar refractivity (Wildman–Crippen MR) is 177 cm³/mol. The number of carbonyl (C=O) groups excluding carboxylic acids is 2. The van der Waals surface area contributed by atoms with Gasteiger partial charge in [-0.15, -0.1) is 11.3 Å². The average molecular weight is 745 g/mol. The summed E-state index contributed by atoms with van der Waals surface area (Å²) in [5.41, 5.74) is 2.74. The molecule has 9 nitrogen and oxygen atoms in total. The predicted octanol–water partition coefficient (Wildman–Crippen LogP) is 5.23. The molecule has 228 valence electrons. The first-order valence-electron chi connectivity index (χ1n) is 13.7. The third-order valence-electron chi connectivity index (χ3n) is 6.73. The van der Waals surface area contributed by atoms with Crippen LogP contribution in [0.1, 0.15) is 53.2 Å². The fraction of sp³-hybridized carbons (Fsp3) is 0.250. The van der Waals surface area contributed by atoms with E-state index < -0.39 is 12.0 Å². The maximum Gasteiger partial charge on any atom is 0.338 e. The van der Waals surface area contributed by atoms with Crippen LogP contribution in [0.3, 0.4) is 0 Å². The van der Waals surface area contributed by atoms with Gasteiger partial charge in [0.25, 0.3) is 5.56 Å². The van der Waals surface area contributed by atoms with Crippen molar-refractivity contribution in [2.75, 3.05) is 20.3 Å². The van der Waals surface area contributed by atoms with E-state index in [0.717, 1.165) is 19.6 Å². The number of thiazole rings is 1. The molecule has 0 aliphatic carbocycles. The van der Waals surface area contributed by atoms with Crippen molar-refractivity contribution < 1.29 is 28.5 Å². The summed E-state index contributed by atoms with van der Waals surface area (Å²) in [5, 5.41) is 1.92. The molecular weight excluding hydrogens is 715 g/mol. The summed E-state index contributed by atoms with van der Waals surface area (Å²) in [7, 11) is 1.56. The number of hydrogen-bond acceptors (Lipinski definition) is 10. The summed E-state index contributed by atoms with van der Waals surface area (Å²) in [6.45, 7) is 6.09. The lowest BCUT2D eigenvalue weighted by atomic mass is 10.0. The van der Waals surface area contributed by atoms with Gasteiger partial charge in [0.05, 0.1) is 45.3 Å². The molecule has 0 unspecified atom stereocenters. The van der Waals surface area contributed by atoms with Crippen LogP contribution < -0.4 is 24.4 Å². The maximum atomic E-state index is 13.8. The van der Waals surface area contributed by atoms with Gasteiger partial charge in [0, 0.05) is 4.88 Å². The first-order chi connectivity index (χ1) is 21.2. The summed E-state index contributed by atoms with van der Waals surface area (Å²) < 4.78 is 25.0. The fourth-order valence-corrected chi connectivity index (χ4v) is 7.38. The number of allylic oxidation sites excluding steroid dienone is 1. The van der Waals surface area contributed by atoms with Gasteiger partial charge in [0.1, 0.15) is 12.6 Å². The largest absolute Gasteiger partial charge is 0.493 e. The molecule has 12 heteroatoms. The Balaban J connectivity index is 1.47. The lowest BCUT2D eigenvalue weighted by Gasteiger charge is -2.23. The number of esters is 2. The van der Waals surface area contributed by atoms with Gasteiger partial charge < -0.3 is 18.9 Å². The molecule has 3 heterocycles. The third kappa shape index (κ3) is 6.52. The number of halogens is 1. The van der Waals surface area contributed by atoms with Crippen molar-refractivity contribution in [3.8, 4) is 11.5 Å². The van der Waals surface area contributed by atoms with E-state index in [1.165, 1.54) is 22.7 Å². The van der Waals surface area contributed by atoms with Crippen molar-refractivity contribution in [2.45, 2.75) is 33.4 Å². The highest BCUT2D eigenvalue weighted by molar-refractivity contribution is 14.1. The fourth-order valence-electron chi connectivity index (χ4n) is 4.73. The van der Waals surface area contributed by atoms with Crippen LogP contribution in [0.15, 0.2) is 75.0 Å². The first-order valence-corrected chi connectivity index (χ1v) is 16.5. The van der Waals surface area contributed by atoms with Crippen LogP contribution in [-0.2, 0) is 20.9 Å². The summed E-state index contributed by atoms with van der Waals surface area (Å²) in [6, 6.07) is 13.9. The Kier molecular flexibility index (Phi) is 10.0. The molecule has 44 heavy (non-hydrogen) atoms. The van der Waals surface area contributed by atoms with Crippen LogP contribution in [0, 0.1) is 3.57 Å². The van der Waals surface area contributed by atoms with Crippen LogP contribution in [-0.4, -0.2) is 36.8 Å². The van der Waals surface area contributed by atoms with E-state index in [4.69, 9.17) is 18.9 Å². The Hall–Kier alpha value is -3.75. The van der Waals surface area contributed by atoms with Crippen molar-refractivity contribution in [1.29, 1.82) is 0 Å².